The Morgan fingerprint density at radius 3 is 2.58 bits per heavy atom. The highest BCUT2D eigenvalue weighted by Gasteiger charge is 2.22. The first kappa shape index (κ1) is 22.8. The van der Waals surface area contributed by atoms with E-state index in [2.05, 4.69) is 20.5 Å². The number of rotatable bonds is 8. The maximum Gasteiger partial charge on any atom is 0.237 e. The van der Waals surface area contributed by atoms with E-state index in [1.165, 1.54) is 11.8 Å². The Labute approximate surface area is 201 Å². The molecule has 0 bridgehead atoms. The molecule has 0 spiro atoms. The Kier molecular flexibility index (Phi) is 7.26. The first-order valence-corrected chi connectivity index (χ1v) is 11.6. The largest absolute Gasteiger partial charge is 0.494 e. The molecule has 33 heavy (non-hydrogen) atoms. The van der Waals surface area contributed by atoms with Gasteiger partial charge in [-0.15, -0.1) is 10.2 Å². The van der Waals surface area contributed by atoms with Crippen LogP contribution in [0.4, 0.5) is 5.69 Å². The first-order valence-electron chi connectivity index (χ1n) is 10.4. The van der Waals surface area contributed by atoms with Gasteiger partial charge in [0.1, 0.15) is 5.75 Å². The number of ether oxygens (including phenoxy) is 1. The third-order valence-electron chi connectivity index (χ3n) is 4.72. The molecule has 2 aromatic carbocycles. The molecule has 4 aromatic rings. The third-order valence-corrected chi connectivity index (χ3v) is 6.00. The van der Waals surface area contributed by atoms with Gasteiger partial charge in [0.15, 0.2) is 11.0 Å². The first-order chi connectivity index (χ1) is 16.0. The van der Waals surface area contributed by atoms with Crippen molar-refractivity contribution >= 4 is 35.0 Å². The topological polar surface area (TPSA) is 81.9 Å². The molecule has 1 amide bonds. The number of aromatic nitrogens is 4. The van der Waals surface area contributed by atoms with Gasteiger partial charge in [0, 0.05) is 34.4 Å². The average molecular weight is 480 g/mol. The molecule has 1 N–H and O–H groups in total. The highest BCUT2D eigenvalue weighted by atomic mass is 35.5. The van der Waals surface area contributed by atoms with Gasteiger partial charge in [-0.2, -0.15) is 0 Å². The van der Waals surface area contributed by atoms with Gasteiger partial charge in [0.25, 0.3) is 0 Å². The summed E-state index contributed by atoms with van der Waals surface area (Å²) in [5.74, 6) is 1.28. The van der Waals surface area contributed by atoms with E-state index in [4.69, 9.17) is 16.3 Å². The molecule has 0 saturated heterocycles. The van der Waals surface area contributed by atoms with Crippen LogP contribution in [0.1, 0.15) is 13.8 Å². The summed E-state index contributed by atoms with van der Waals surface area (Å²) in [4.78, 5) is 16.9. The number of benzene rings is 2. The molecule has 168 valence electrons. The van der Waals surface area contributed by atoms with Crippen LogP contribution in [0.15, 0.2) is 78.2 Å². The van der Waals surface area contributed by atoms with Crippen molar-refractivity contribution in [3.8, 4) is 22.8 Å². The van der Waals surface area contributed by atoms with E-state index in [0.29, 0.717) is 28.3 Å². The Hall–Kier alpha value is -3.36. The number of pyridine rings is 1. The highest BCUT2D eigenvalue weighted by Crippen LogP contribution is 2.31. The van der Waals surface area contributed by atoms with Gasteiger partial charge in [-0.3, -0.25) is 14.3 Å². The molecule has 1 unspecified atom stereocenters. The van der Waals surface area contributed by atoms with Crippen LogP contribution in [0.25, 0.3) is 17.1 Å². The van der Waals surface area contributed by atoms with Gasteiger partial charge in [-0.25, -0.2) is 0 Å². The monoisotopic (exact) mass is 479 g/mol. The molecule has 0 radical (unpaired) electrons. The van der Waals surface area contributed by atoms with Crippen molar-refractivity contribution in [2.24, 2.45) is 0 Å². The van der Waals surface area contributed by atoms with Gasteiger partial charge in [-0.05, 0) is 68.4 Å². The predicted molar refractivity (Wildman–Crippen MR) is 131 cm³/mol. The van der Waals surface area contributed by atoms with Crippen molar-refractivity contribution in [2.75, 3.05) is 11.9 Å². The standard InChI is InChI=1S/C24H22ClN5O2S/c1-3-32-21-9-7-20(8-10-21)30-22(17-11-13-26-14-12-17)28-29-24(30)33-16(2)23(31)27-19-6-4-5-18(25)15-19/h4-16H,3H2,1-2H3,(H,27,31). The minimum atomic E-state index is -0.431. The maximum atomic E-state index is 12.8. The summed E-state index contributed by atoms with van der Waals surface area (Å²) in [7, 11) is 0. The molecule has 0 fully saturated rings. The van der Waals surface area contributed by atoms with Gasteiger partial charge in [0.05, 0.1) is 11.9 Å². The van der Waals surface area contributed by atoms with Crippen LogP contribution in [0.3, 0.4) is 0 Å². The van der Waals surface area contributed by atoms with Gasteiger partial charge in [-0.1, -0.05) is 29.4 Å². The van der Waals surface area contributed by atoms with Gasteiger partial charge < -0.3 is 10.1 Å². The second-order valence-electron chi connectivity index (χ2n) is 7.06. The van der Waals surface area contributed by atoms with Crippen LogP contribution in [0, 0.1) is 0 Å². The SMILES string of the molecule is CCOc1ccc(-n2c(SC(C)C(=O)Nc3cccc(Cl)c3)nnc2-c2ccncc2)cc1. The molecule has 7 nitrogen and oxygen atoms in total. The molecular weight excluding hydrogens is 458 g/mol. The van der Waals surface area contributed by atoms with E-state index in [1.807, 2.05) is 54.8 Å². The summed E-state index contributed by atoms with van der Waals surface area (Å²) in [5, 5.41) is 12.4. The fraction of sp³-hybridized carbons (Fsp3) is 0.167. The van der Waals surface area contributed by atoms with Crippen molar-refractivity contribution < 1.29 is 9.53 Å². The summed E-state index contributed by atoms with van der Waals surface area (Å²) in [6.07, 6.45) is 3.42. The summed E-state index contributed by atoms with van der Waals surface area (Å²) in [5.41, 5.74) is 2.37. The lowest BCUT2D eigenvalue weighted by Crippen LogP contribution is -2.22. The van der Waals surface area contributed by atoms with Crippen molar-refractivity contribution in [2.45, 2.75) is 24.3 Å². The predicted octanol–water partition coefficient (Wildman–Crippen LogP) is 5.50. The number of nitrogens with one attached hydrogen (secondary N) is 1. The molecule has 2 aromatic heterocycles. The van der Waals surface area contributed by atoms with Crippen molar-refractivity contribution in [1.29, 1.82) is 0 Å². The van der Waals surface area contributed by atoms with Crippen LogP contribution in [0.5, 0.6) is 5.75 Å². The van der Waals surface area contributed by atoms with E-state index < -0.39 is 5.25 Å². The van der Waals surface area contributed by atoms with Crippen molar-refractivity contribution in [1.82, 2.24) is 19.7 Å². The van der Waals surface area contributed by atoms with Crippen molar-refractivity contribution in [3.05, 3.63) is 78.1 Å². The quantitative estimate of drug-likeness (QED) is 0.336. The number of halogens is 1. The Morgan fingerprint density at radius 1 is 1.12 bits per heavy atom. The van der Waals surface area contributed by atoms with E-state index in [0.717, 1.165) is 17.0 Å². The summed E-state index contributed by atoms with van der Waals surface area (Å²) < 4.78 is 7.50. The number of carbonyl (C=O) groups excluding carboxylic acids is 1. The van der Waals surface area contributed by atoms with Gasteiger partial charge >= 0.3 is 0 Å². The molecule has 0 aliphatic rings. The molecule has 1 atom stereocenters. The fourth-order valence-corrected chi connectivity index (χ4v) is 4.20. The smallest absolute Gasteiger partial charge is 0.237 e. The fourth-order valence-electron chi connectivity index (χ4n) is 3.15. The second kappa shape index (κ2) is 10.5. The minimum absolute atomic E-state index is 0.158. The second-order valence-corrected chi connectivity index (χ2v) is 8.81. The van der Waals surface area contributed by atoms with Crippen LogP contribution >= 0.6 is 23.4 Å². The van der Waals surface area contributed by atoms with Crippen LogP contribution < -0.4 is 10.1 Å². The van der Waals surface area contributed by atoms with Gasteiger partial charge in [0.2, 0.25) is 5.91 Å². The van der Waals surface area contributed by atoms with Crippen LogP contribution in [-0.2, 0) is 4.79 Å². The number of amides is 1. The summed E-state index contributed by atoms with van der Waals surface area (Å²) >= 11 is 7.35. The molecular formula is C24H22ClN5O2S. The molecule has 2 heterocycles. The number of hydrogen-bond donors (Lipinski definition) is 1. The zero-order chi connectivity index (χ0) is 23.2. The molecule has 0 saturated carbocycles. The zero-order valence-electron chi connectivity index (χ0n) is 18.1. The van der Waals surface area contributed by atoms with E-state index in [-0.39, 0.29) is 5.91 Å². The molecule has 4 rings (SSSR count). The maximum absolute atomic E-state index is 12.8. The van der Waals surface area contributed by atoms with E-state index in [1.54, 1.807) is 36.7 Å². The highest BCUT2D eigenvalue weighted by molar-refractivity contribution is 8.00. The Bertz CT molecular complexity index is 1230. The average Bonchev–Trinajstić information content (AvgIpc) is 3.24. The number of carbonyl (C=O) groups is 1. The zero-order valence-corrected chi connectivity index (χ0v) is 19.7. The van der Waals surface area contributed by atoms with Crippen molar-refractivity contribution in [3.63, 3.8) is 0 Å². The van der Waals surface area contributed by atoms with Crippen LogP contribution in [0.2, 0.25) is 5.02 Å². The van der Waals surface area contributed by atoms with E-state index >= 15 is 0 Å². The molecule has 0 aliphatic heterocycles. The third kappa shape index (κ3) is 5.53. The number of thioether (sulfide) groups is 1. The molecule has 0 aliphatic carbocycles. The lowest BCUT2D eigenvalue weighted by atomic mass is 10.2. The van der Waals surface area contributed by atoms with Crippen LogP contribution in [-0.4, -0.2) is 37.5 Å². The summed E-state index contributed by atoms with van der Waals surface area (Å²) in [6, 6.07) is 18.5. The minimum Gasteiger partial charge on any atom is -0.494 e. The lowest BCUT2D eigenvalue weighted by molar-refractivity contribution is -0.115. The lowest BCUT2D eigenvalue weighted by Gasteiger charge is -2.14. The normalized spacial score (nSPS) is 11.7. The Balaban J connectivity index is 1.63. The van der Waals surface area contributed by atoms with E-state index in [9.17, 15) is 4.79 Å². The number of anilines is 1. The number of nitrogens with zero attached hydrogens (tertiary/aromatic N) is 4. The Morgan fingerprint density at radius 2 is 1.88 bits per heavy atom. The molecule has 9 heteroatoms. The summed E-state index contributed by atoms with van der Waals surface area (Å²) in [6.45, 7) is 4.36. The number of hydrogen-bond acceptors (Lipinski definition) is 6.